The zero-order valence-corrected chi connectivity index (χ0v) is 16.2. The lowest BCUT2D eigenvalue weighted by atomic mass is 10.0. The minimum atomic E-state index is -1.11. The van der Waals surface area contributed by atoms with Crippen molar-refractivity contribution >= 4 is 57.2 Å². The van der Waals surface area contributed by atoms with Gasteiger partial charge in [0, 0.05) is 29.4 Å². The van der Waals surface area contributed by atoms with Crippen molar-refractivity contribution in [3.63, 3.8) is 0 Å². The van der Waals surface area contributed by atoms with Gasteiger partial charge in [-0.05, 0) is 23.8 Å². The molecule has 29 heavy (non-hydrogen) atoms. The fourth-order valence-corrected chi connectivity index (χ4v) is 3.86. The number of rotatable bonds is 3. The number of pyridine rings is 1. The zero-order valence-electron chi connectivity index (χ0n) is 14.6. The molecule has 146 valence electrons. The highest BCUT2D eigenvalue weighted by Crippen LogP contribution is 2.34. The number of aromatic nitrogens is 1. The first-order valence-corrected chi connectivity index (χ1v) is 9.30. The number of carbonyl (C=O) groups is 2. The Morgan fingerprint density at radius 3 is 2.62 bits per heavy atom. The number of nitrogens with one attached hydrogen (secondary N) is 1. The number of esters is 1. The van der Waals surface area contributed by atoms with Gasteiger partial charge in [0.25, 0.3) is 5.91 Å². The lowest BCUT2D eigenvalue weighted by molar-refractivity contribution is -0.115. The molecule has 2 aromatic heterocycles. The Morgan fingerprint density at radius 2 is 2.00 bits per heavy atom. The largest absolute Gasteiger partial charge is 0.465 e. The number of fused-ring (bicyclic) bond motifs is 1. The number of amides is 1. The van der Waals surface area contributed by atoms with Gasteiger partial charge in [-0.1, -0.05) is 24.0 Å². The third-order valence-electron chi connectivity index (χ3n) is 4.10. The first-order chi connectivity index (χ1) is 13.9. The smallest absolute Gasteiger partial charge is 0.343 e. The van der Waals surface area contributed by atoms with Crippen molar-refractivity contribution in [3.8, 4) is 11.1 Å². The molecule has 0 spiro atoms. The number of ether oxygens (including phenoxy) is 1. The number of carbonyl (C=O) groups excluding carboxylic acids is 2. The van der Waals surface area contributed by atoms with Crippen LogP contribution in [0.25, 0.3) is 28.2 Å². The minimum Gasteiger partial charge on any atom is -0.465 e. The van der Waals surface area contributed by atoms with Crippen LogP contribution < -0.4 is 5.32 Å². The van der Waals surface area contributed by atoms with Crippen LogP contribution in [0.3, 0.4) is 0 Å². The summed E-state index contributed by atoms with van der Waals surface area (Å²) in [7, 11) is 1.04. The molecule has 6 nitrogen and oxygen atoms in total. The Bertz CT molecular complexity index is 1210. The summed E-state index contributed by atoms with van der Waals surface area (Å²) < 4.78 is 39.2. The number of benzene rings is 1. The van der Waals surface area contributed by atoms with Crippen LogP contribution in [0.15, 0.2) is 39.9 Å². The summed E-state index contributed by atoms with van der Waals surface area (Å²) in [6.45, 7) is 0. The SMILES string of the molecule is COC(=O)c1c(F)cc(-c2cncc3cc(C=C4SC(=S)NC4=O)oc23)cc1F. The van der Waals surface area contributed by atoms with Gasteiger partial charge in [-0.2, -0.15) is 0 Å². The molecule has 0 unspecified atom stereocenters. The summed E-state index contributed by atoms with van der Waals surface area (Å²) in [6.07, 6.45) is 4.43. The van der Waals surface area contributed by atoms with Gasteiger partial charge in [0.15, 0.2) is 0 Å². The second-order valence-corrected chi connectivity index (χ2v) is 7.63. The number of hydrogen-bond donors (Lipinski definition) is 1. The molecule has 0 saturated carbocycles. The maximum absolute atomic E-state index is 14.3. The van der Waals surface area contributed by atoms with E-state index in [1.807, 2.05) is 0 Å². The average Bonchev–Trinajstić information content (AvgIpc) is 3.22. The molecule has 0 atom stereocenters. The molecule has 10 heteroatoms. The first-order valence-electron chi connectivity index (χ1n) is 8.07. The molecule has 1 N–H and O–H groups in total. The number of furan rings is 1. The van der Waals surface area contributed by atoms with Crippen LogP contribution in [0.5, 0.6) is 0 Å². The van der Waals surface area contributed by atoms with Crippen molar-refractivity contribution < 1.29 is 27.5 Å². The standard InChI is InChI=1S/C19H10F2N2O4S2/c1-26-18(25)15-12(20)3-8(4-13(15)21)11-7-22-6-9-2-10(27-16(9)11)5-14-17(24)23-19(28)29-14/h2-7H,1H3,(H,23,24,28). The van der Waals surface area contributed by atoms with Crippen LogP contribution in [-0.2, 0) is 9.53 Å². The number of thioether (sulfide) groups is 1. The van der Waals surface area contributed by atoms with Crippen LogP contribution in [0.2, 0.25) is 0 Å². The lowest BCUT2D eigenvalue weighted by Crippen LogP contribution is -2.17. The van der Waals surface area contributed by atoms with Gasteiger partial charge in [-0.3, -0.25) is 9.78 Å². The zero-order chi connectivity index (χ0) is 20.7. The molecule has 4 rings (SSSR count). The molecule has 1 aliphatic rings. The molecular weight excluding hydrogens is 422 g/mol. The van der Waals surface area contributed by atoms with Crippen LogP contribution >= 0.6 is 24.0 Å². The van der Waals surface area contributed by atoms with Crippen molar-refractivity contribution in [3.05, 3.63) is 58.5 Å². The Labute approximate surface area is 171 Å². The summed E-state index contributed by atoms with van der Waals surface area (Å²) >= 11 is 6.05. The number of hydrogen-bond acceptors (Lipinski definition) is 7. The molecule has 3 heterocycles. The fourth-order valence-electron chi connectivity index (χ4n) is 2.83. The molecule has 1 aliphatic heterocycles. The van der Waals surface area contributed by atoms with Crippen molar-refractivity contribution in [2.75, 3.05) is 7.11 Å². The van der Waals surface area contributed by atoms with Crippen molar-refractivity contribution in [2.45, 2.75) is 0 Å². The van der Waals surface area contributed by atoms with E-state index in [-0.39, 0.29) is 11.5 Å². The van der Waals surface area contributed by atoms with Gasteiger partial charge in [-0.15, -0.1) is 0 Å². The van der Waals surface area contributed by atoms with Crippen molar-refractivity contribution in [1.29, 1.82) is 0 Å². The number of nitrogens with zero attached hydrogens (tertiary/aromatic N) is 1. The fraction of sp³-hybridized carbons (Fsp3) is 0.0526. The topological polar surface area (TPSA) is 81.4 Å². The van der Waals surface area contributed by atoms with E-state index in [9.17, 15) is 18.4 Å². The second kappa shape index (κ2) is 7.37. The van der Waals surface area contributed by atoms with Gasteiger partial charge >= 0.3 is 5.97 Å². The Hall–Kier alpha value is -3.11. The van der Waals surface area contributed by atoms with Crippen LogP contribution in [0, 0.1) is 11.6 Å². The summed E-state index contributed by atoms with van der Waals surface area (Å²) in [5.41, 5.74) is -0.00202. The Morgan fingerprint density at radius 1 is 1.28 bits per heavy atom. The highest BCUT2D eigenvalue weighted by molar-refractivity contribution is 8.26. The molecule has 1 fully saturated rings. The van der Waals surface area contributed by atoms with Crippen molar-refractivity contribution in [2.24, 2.45) is 0 Å². The van der Waals surface area contributed by atoms with E-state index in [1.165, 1.54) is 18.5 Å². The first kappa shape index (κ1) is 19.2. The van der Waals surface area contributed by atoms with E-state index in [0.29, 0.717) is 31.5 Å². The maximum Gasteiger partial charge on any atom is 0.343 e. The number of thiocarbonyl (C=S) groups is 1. The van der Waals surface area contributed by atoms with Gasteiger partial charge in [-0.25, -0.2) is 13.6 Å². The predicted molar refractivity (Wildman–Crippen MR) is 107 cm³/mol. The minimum absolute atomic E-state index is 0.133. The van der Waals surface area contributed by atoms with E-state index >= 15 is 0 Å². The summed E-state index contributed by atoms with van der Waals surface area (Å²) in [6, 6.07) is 3.65. The van der Waals surface area contributed by atoms with E-state index < -0.39 is 23.2 Å². The highest BCUT2D eigenvalue weighted by atomic mass is 32.2. The molecule has 3 aromatic rings. The highest BCUT2D eigenvalue weighted by Gasteiger charge is 2.24. The number of halogens is 2. The maximum atomic E-state index is 14.3. The van der Waals surface area contributed by atoms with Crippen LogP contribution in [0.4, 0.5) is 8.78 Å². The van der Waals surface area contributed by atoms with Crippen molar-refractivity contribution in [1.82, 2.24) is 10.3 Å². The summed E-state index contributed by atoms with van der Waals surface area (Å²) in [4.78, 5) is 27.8. The number of methoxy groups -OCH3 is 1. The predicted octanol–water partition coefficient (Wildman–Crippen LogP) is 4.05. The molecular formula is C19H10F2N2O4S2. The summed E-state index contributed by atoms with van der Waals surface area (Å²) in [5, 5.41) is 3.07. The monoisotopic (exact) mass is 432 g/mol. The summed E-state index contributed by atoms with van der Waals surface area (Å²) in [5.74, 6) is -3.22. The third-order valence-corrected chi connectivity index (χ3v) is 5.26. The molecule has 0 bridgehead atoms. The normalized spacial score (nSPS) is 15.2. The molecule has 0 radical (unpaired) electrons. The van der Waals surface area contributed by atoms with Crippen LogP contribution in [0.1, 0.15) is 16.1 Å². The van der Waals surface area contributed by atoms with E-state index in [0.717, 1.165) is 31.0 Å². The lowest BCUT2D eigenvalue weighted by Gasteiger charge is -2.07. The molecule has 1 saturated heterocycles. The second-order valence-electron chi connectivity index (χ2n) is 5.91. The molecule has 0 aliphatic carbocycles. The average molecular weight is 432 g/mol. The van der Waals surface area contributed by atoms with Gasteiger partial charge in [0.2, 0.25) is 0 Å². The van der Waals surface area contributed by atoms with Crippen LogP contribution in [-0.4, -0.2) is 28.3 Å². The van der Waals surface area contributed by atoms with Gasteiger partial charge in [0.05, 0.1) is 12.0 Å². The molecule has 1 aromatic carbocycles. The Balaban J connectivity index is 1.81. The van der Waals surface area contributed by atoms with Gasteiger partial charge < -0.3 is 14.5 Å². The third kappa shape index (κ3) is 3.52. The quantitative estimate of drug-likeness (QED) is 0.380. The van der Waals surface area contributed by atoms with E-state index in [4.69, 9.17) is 16.6 Å². The van der Waals surface area contributed by atoms with Gasteiger partial charge in [0.1, 0.15) is 32.9 Å². The van der Waals surface area contributed by atoms with E-state index in [1.54, 1.807) is 6.07 Å². The Kier molecular flexibility index (Phi) is 4.89. The van der Waals surface area contributed by atoms with E-state index in [2.05, 4.69) is 15.0 Å². The molecule has 1 amide bonds.